The third-order valence-corrected chi connectivity index (χ3v) is 5.61. The molecule has 29 heavy (non-hydrogen) atoms. The summed E-state index contributed by atoms with van der Waals surface area (Å²) in [5, 5.41) is 0.00110. The van der Waals surface area contributed by atoms with Gasteiger partial charge in [0, 0.05) is 19.6 Å². The van der Waals surface area contributed by atoms with E-state index < -0.39 is 11.7 Å². The molecule has 0 bridgehead atoms. The minimum atomic E-state index is -4.40. The van der Waals surface area contributed by atoms with E-state index in [1.165, 1.54) is 17.2 Å². The second-order valence-electron chi connectivity index (χ2n) is 8.68. The van der Waals surface area contributed by atoms with Crippen molar-refractivity contribution < 1.29 is 17.9 Å². The lowest BCUT2D eigenvalue weighted by molar-refractivity contribution is -0.137. The van der Waals surface area contributed by atoms with Crippen molar-refractivity contribution in [2.24, 2.45) is 0 Å². The number of hydrogen-bond donors (Lipinski definition) is 0. The van der Waals surface area contributed by atoms with Gasteiger partial charge in [0.2, 0.25) is 0 Å². The largest absolute Gasteiger partial charge is 0.489 e. The number of benzene rings is 2. The van der Waals surface area contributed by atoms with E-state index in [0.717, 1.165) is 44.6 Å². The Hall–Kier alpha value is -1.72. The zero-order valence-corrected chi connectivity index (χ0v) is 17.8. The first kappa shape index (κ1) is 22.0. The first-order chi connectivity index (χ1) is 13.5. The fourth-order valence-corrected chi connectivity index (χ4v) is 3.73. The predicted molar refractivity (Wildman–Crippen MR) is 111 cm³/mol. The van der Waals surface area contributed by atoms with E-state index in [0.29, 0.717) is 5.75 Å². The Morgan fingerprint density at radius 1 is 0.966 bits per heavy atom. The Morgan fingerprint density at radius 2 is 1.55 bits per heavy atom. The second-order valence-corrected chi connectivity index (χ2v) is 9.09. The van der Waals surface area contributed by atoms with Crippen LogP contribution in [-0.4, -0.2) is 24.1 Å². The molecule has 1 saturated heterocycles. The lowest BCUT2D eigenvalue weighted by Gasteiger charge is -2.32. The van der Waals surface area contributed by atoms with Gasteiger partial charge in [0.05, 0.1) is 10.6 Å². The average Bonchev–Trinajstić information content (AvgIpc) is 2.64. The third-order valence-electron chi connectivity index (χ3n) is 5.31. The van der Waals surface area contributed by atoms with Crippen LogP contribution in [0.15, 0.2) is 42.5 Å². The van der Waals surface area contributed by atoms with Crippen molar-refractivity contribution in [1.82, 2.24) is 4.90 Å². The summed E-state index contributed by atoms with van der Waals surface area (Å²) in [7, 11) is 0. The van der Waals surface area contributed by atoms with E-state index in [1.807, 2.05) is 0 Å². The number of piperidine rings is 1. The molecule has 6 heteroatoms. The summed E-state index contributed by atoms with van der Waals surface area (Å²) in [6.07, 6.45) is -2.81. The highest BCUT2D eigenvalue weighted by atomic mass is 35.5. The van der Waals surface area contributed by atoms with Crippen molar-refractivity contribution in [3.63, 3.8) is 0 Å². The molecule has 1 aliphatic heterocycles. The van der Waals surface area contributed by atoms with E-state index in [-0.39, 0.29) is 16.5 Å². The van der Waals surface area contributed by atoms with Gasteiger partial charge in [-0.25, -0.2) is 0 Å². The van der Waals surface area contributed by atoms with Crippen molar-refractivity contribution in [3.05, 3.63) is 64.2 Å². The first-order valence-electron chi connectivity index (χ1n) is 9.87. The number of hydrogen-bond acceptors (Lipinski definition) is 2. The Kier molecular flexibility index (Phi) is 6.49. The van der Waals surface area contributed by atoms with Crippen molar-refractivity contribution in [2.45, 2.75) is 57.9 Å². The Balaban J connectivity index is 1.52. The molecule has 0 unspecified atom stereocenters. The van der Waals surface area contributed by atoms with Crippen LogP contribution >= 0.6 is 11.6 Å². The summed E-state index contributed by atoms with van der Waals surface area (Å²) in [4.78, 5) is 2.38. The Bertz CT molecular complexity index is 819. The molecule has 0 N–H and O–H groups in total. The predicted octanol–water partition coefficient (Wildman–Crippen LogP) is 6.70. The van der Waals surface area contributed by atoms with Crippen LogP contribution < -0.4 is 4.74 Å². The lowest BCUT2D eigenvalue weighted by Crippen LogP contribution is -2.37. The molecule has 0 radical (unpaired) electrons. The molecule has 158 valence electrons. The smallest absolute Gasteiger partial charge is 0.416 e. The average molecular weight is 426 g/mol. The highest BCUT2D eigenvalue weighted by Crippen LogP contribution is 2.35. The number of halogens is 4. The third kappa shape index (κ3) is 5.89. The maximum absolute atomic E-state index is 12.8. The van der Waals surface area contributed by atoms with Gasteiger partial charge in [-0.15, -0.1) is 0 Å². The molecule has 2 aromatic rings. The zero-order chi connectivity index (χ0) is 21.2. The van der Waals surface area contributed by atoms with Gasteiger partial charge in [0.25, 0.3) is 0 Å². The van der Waals surface area contributed by atoms with Crippen molar-refractivity contribution in [1.29, 1.82) is 0 Å². The normalized spacial score (nSPS) is 16.8. The van der Waals surface area contributed by atoms with Gasteiger partial charge in [0.1, 0.15) is 11.9 Å². The molecule has 0 spiro atoms. The van der Waals surface area contributed by atoms with Crippen molar-refractivity contribution in [3.8, 4) is 5.75 Å². The highest BCUT2D eigenvalue weighted by molar-refractivity contribution is 6.32. The van der Waals surface area contributed by atoms with Crippen LogP contribution in [0, 0.1) is 0 Å². The highest BCUT2D eigenvalue weighted by Gasteiger charge is 2.31. The summed E-state index contributed by atoms with van der Waals surface area (Å²) in [6.45, 7) is 9.26. The molecule has 0 aromatic heterocycles. The molecule has 2 aromatic carbocycles. The Labute approximate surface area is 175 Å². The first-order valence-corrected chi connectivity index (χ1v) is 10.3. The van der Waals surface area contributed by atoms with E-state index in [4.69, 9.17) is 16.3 Å². The summed E-state index contributed by atoms with van der Waals surface area (Å²) in [5.74, 6) is 0.316. The number of alkyl halides is 3. The van der Waals surface area contributed by atoms with E-state index in [1.54, 1.807) is 0 Å². The quantitative estimate of drug-likeness (QED) is 0.540. The SMILES string of the molecule is CC(C)(C)c1ccc(CN2CCC(Oc3ccc(C(F)(F)F)cc3Cl)CC2)cc1. The number of rotatable bonds is 4. The summed E-state index contributed by atoms with van der Waals surface area (Å²) in [6, 6.07) is 12.0. The van der Waals surface area contributed by atoms with Crippen LogP contribution in [0.2, 0.25) is 5.02 Å². The fourth-order valence-electron chi connectivity index (χ4n) is 3.51. The lowest BCUT2D eigenvalue weighted by atomic mass is 9.86. The maximum Gasteiger partial charge on any atom is 0.416 e. The van der Waals surface area contributed by atoms with Gasteiger partial charge in [-0.2, -0.15) is 13.2 Å². The molecular weight excluding hydrogens is 399 g/mol. The van der Waals surface area contributed by atoms with Crippen molar-refractivity contribution >= 4 is 11.6 Å². The van der Waals surface area contributed by atoms with Crippen LogP contribution in [0.25, 0.3) is 0 Å². The minimum absolute atomic E-state index is 0.00110. The van der Waals surface area contributed by atoms with E-state index >= 15 is 0 Å². The molecule has 0 amide bonds. The van der Waals surface area contributed by atoms with Gasteiger partial charge < -0.3 is 4.74 Å². The molecule has 2 nitrogen and oxygen atoms in total. The van der Waals surface area contributed by atoms with E-state index in [2.05, 4.69) is 49.9 Å². The Morgan fingerprint density at radius 3 is 2.07 bits per heavy atom. The molecule has 1 fully saturated rings. The van der Waals surface area contributed by atoms with Gasteiger partial charge >= 0.3 is 6.18 Å². The molecule has 0 aliphatic carbocycles. The molecule has 0 atom stereocenters. The molecule has 3 rings (SSSR count). The van der Waals surface area contributed by atoms with Crippen LogP contribution in [-0.2, 0) is 18.1 Å². The van der Waals surface area contributed by atoms with Crippen LogP contribution in [0.1, 0.15) is 50.3 Å². The topological polar surface area (TPSA) is 12.5 Å². The van der Waals surface area contributed by atoms with Gasteiger partial charge in [-0.05, 0) is 47.6 Å². The van der Waals surface area contributed by atoms with E-state index in [9.17, 15) is 13.2 Å². The summed E-state index contributed by atoms with van der Waals surface area (Å²) in [5.41, 5.74) is 1.99. The minimum Gasteiger partial charge on any atom is -0.489 e. The molecule has 1 heterocycles. The summed E-state index contributed by atoms with van der Waals surface area (Å²) < 4.78 is 44.1. The van der Waals surface area contributed by atoms with Crippen LogP contribution in [0.4, 0.5) is 13.2 Å². The second kappa shape index (κ2) is 8.57. The molecule has 0 saturated carbocycles. The number of likely N-dealkylation sites (tertiary alicyclic amines) is 1. The summed E-state index contributed by atoms with van der Waals surface area (Å²) >= 11 is 6.00. The monoisotopic (exact) mass is 425 g/mol. The number of ether oxygens (including phenoxy) is 1. The maximum atomic E-state index is 12.8. The van der Waals surface area contributed by atoms with Crippen LogP contribution in [0.3, 0.4) is 0 Å². The fraction of sp³-hybridized carbons (Fsp3) is 0.478. The van der Waals surface area contributed by atoms with Gasteiger partial charge in [-0.3, -0.25) is 4.90 Å². The zero-order valence-electron chi connectivity index (χ0n) is 17.0. The van der Waals surface area contributed by atoms with Gasteiger partial charge in [-0.1, -0.05) is 56.6 Å². The molecular formula is C23H27ClF3NO. The van der Waals surface area contributed by atoms with Crippen molar-refractivity contribution in [2.75, 3.05) is 13.1 Å². The number of nitrogens with zero attached hydrogens (tertiary/aromatic N) is 1. The van der Waals surface area contributed by atoms with Gasteiger partial charge in [0.15, 0.2) is 0 Å². The van der Waals surface area contributed by atoms with Crippen LogP contribution in [0.5, 0.6) is 5.75 Å². The standard InChI is InChI=1S/C23H27ClF3NO/c1-22(2,3)17-6-4-16(5-7-17)15-28-12-10-19(11-13-28)29-21-9-8-18(14-20(21)24)23(25,26)27/h4-9,14,19H,10-13,15H2,1-3H3. The molecule has 1 aliphatic rings.